The Balaban J connectivity index is 2.37. The Kier molecular flexibility index (Phi) is 3.24. The summed E-state index contributed by atoms with van der Waals surface area (Å²) in [5, 5.41) is 11.1. The number of hydrogen-bond donors (Lipinski definition) is 1. The summed E-state index contributed by atoms with van der Waals surface area (Å²) >= 11 is 5.68. The summed E-state index contributed by atoms with van der Waals surface area (Å²) in [4.78, 5) is 17.7. The maximum Gasteiger partial charge on any atom is 0.313 e. The number of nitrogen functional groups attached to an aromatic ring is 1. The van der Waals surface area contributed by atoms with E-state index in [2.05, 4.69) is 9.97 Å². The third-order valence-corrected chi connectivity index (χ3v) is 2.23. The maximum absolute atomic E-state index is 10.8. The molecule has 0 atom stereocenters. The van der Waals surface area contributed by atoms with Gasteiger partial charge in [0.15, 0.2) is 0 Å². The fourth-order valence-corrected chi connectivity index (χ4v) is 1.41. The van der Waals surface area contributed by atoms with E-state index in [0.29, 0.717) is 0 Å². The largest absolute Gasteiger partial charge is 0.432 e. The number of nitrogens with two attached hydrogens (primary N) is 1. The summed E-state index contributed by atoms with van der Waals surface area (Å²) in [5.74, 6) is 0.354. The monoisotopic (exact) mass is 266 g/mol. The van der Waals surface area contributed by atoms with Gasteiger partial charge in [-0.05, 0) is 12.1 Å². The topological polar surface area (TPSA) is 104 Å². The van der Waals surface area contributed by atoms with Crippen LogP contribution in [0.5, 0.6) is 11.6 Å². The third-order valence-electron chi connectivity index (χ3n) is 2.00. The average Bonchev–Trinajstić information content (AvgIpc) is 2.31. The second-order valence-corrected chi connectivity index (χ2v) is 3.69. The first kappa shape index (κ1) is 12.1. The first-order chi connectivity index (χ1) is 8.56. The van der Waals surface area contributed by atoms with Crippen molar-refractivity contribution in [3.63, 3.8) is 0 Å². The molecule has 0 radical (unpaired) electrons. The lowest BCUT2D eigenvalue weighted by Crippen LogP contribution is -1.96. The fraction of sp³-hybridized carbons (Fsp3) is 0. The van der Waals surface area contributed by atoms with Gasteiger partial charge >= 0.3 is 5.69 Å². The number of anilines is 1. The minimum Gasteiger partial charge on any atom is -0.432 e. The smallest absolute Gasteiger partial charge is 0.313 e. The zero-order valence-electron chi connectivity index (χ0n) is 8.91. The maximum atomic E-state index is 10.8. The van der Waals surface area contributed by atoms with Crippen molar-refractivity contribution in [3.05, 3.63) is 45.7 Å². The van der Waals surface area contributed by atoms with Gasteiger partial charge in [0.1, 0.15) is 12.1 Å². The van der Waals surface area contributed by atoms with E-state index in [0.717, 1.165) is 0 Å². The van der Waals surface area contributed by atoms with Crippen LogP contribution in [0, 0.1) is 10.1 Å². The first-order valence-electron chi connectivity index (χ1n) is 4.75. The number of ether oxygens (including phenoxy) is 1. The molecule has 0 unspecified atom stereocenters. The standard InChI is InChI=1S/C10H7ClN4O3/c11-6-1-2-8(7(3-6)15(16)17)18-10-4-9(12)13-5-14-10/h1-5H,(H2,12,13,14). The van der Waals surface area contributed by atoms with Crippen LogP contribution in [-0.2, 0) is 0 Å². The van der Waals surface area contributed by atoms with Crippen LogP contribution in [0.3, 0.4) is 0 Å². The molecule has 2 N–H and O–H groups in total. The highest BCUT2D eigenvalue weighted by Crippen LogP contribution is 2.32. The number of hydrogen-bond acceptors (Lipinski definition) is 6. The molecule has 1 aromatic carbocycles. The molecule has 0 amide bonds. The highest BCUT2D eigenvalue weighted by atomic mass is 35.5. The molecule has 8 heteroatoms. The number of benzene rings is 1. The van der Waals surface area contributed by atoms with E-state index in [1.54, 1.807) is 0 Å². The molecule has 0 aliphatic rings. The third kappa shape index (κ3) is 2.64. The predicted octanol–water partition coefficient (Wildman–Crippen LogP) is 2.41. The van der Waals surface area contributed by atoms with Gasteiger partial charge in [0.2, 0.25) is 11.6 Å². The van der Waals surface area contributed by atoms with Crippen molar-refractivity contribution in [2.24, 2.45) is 0 Å². The van der Waals surface area contributed by atoms with E-state index >= 15 is 0 Å². The van der Waals surface area contributed by atoms with Crippen molar-refractivity contribution < 1.29 is 9.66 Å². The SMILES string of the molecule is Nc1cc(Oc2ccc(Cl)cc2[N+](=O)[O-])ncn1. The number of rotatable bonds is 3. The van der Waals surface area contributed by atoms with E-state index in [4.69, 9.17) is 22.1 Å². The van der Waals surface area contributed by atoms with E-state index in [1.807, 2.05) is 0 Å². The average molecular weight is 267 g/mol. The Bertz CT molecular complexity index is 605. The van der Waals surface area contributed by atoms with Gasteiger partial charge in [0.05, 0.1) is 4.92 Å². The Morgan fingerprint density at radius 3 is 2.78 bits per heavy atom. The van der Waals surface area contributed by atoms with Crippen LogP contribution in [0.2, 0.25) is 5.02 Å². The van der Waals surface area contributed by atoms with E-state index in [1.165, 1.54) is 30.6 Å². The van der Waals surface area contributed by atoms with Crippen molar-refractivity contribution in [2.45, 2.75) is 0 Å². The quantitative estimate of drug-likeness (QED) is 0.676. The summed E-state index contributed by atoms with van der Waals surface area (Å²) < 4.78 is 5.28. The van der Waals surface area contributed by atoms with Crippen molar-refractivity contribution in [1.82, 2.24) is 9.97 Å². The normalized spacial score (nSPS) is 10.1. The molecule has 0 spiro atoms. The highest BCUT2D eigenvalue weighted by molar-refractivity contribution is 6.30. The number of halogens is 1. The van der Waals surface area contributed by atoms with Crippen LogP contribution in [0.25, 0.3) is 0 Å². The molecule has 7 nitrogen and oxygen atoms in total. The second-order valence-electron chi connectivity index (χ2n) is 3.25. The molecular weight excluding hydrogens is 260 g/mol. The van der Waals surface area contributed by atoms with Gasteiger partial charge < -0.3 is 10.5 Å². The minimum absolute atomic E-state index is 0.0301. The molecule has 1 heterocycles. The van der Waals surface area contributed by atoms with Crippen LogP contribution >= 0.6 is 11.6 Å². The Morgan fingerprint density at radius 1 is 1.33 bits per heavy atom. The van der Waals surface area contributed by atoms with Crippen molar-refractivity contribution in [1.29, 1.82) is 0 Å². The Hall–Kier alpha value is -2.41. The van der Waals surface area contributed by atoms with Crippen molar-refractivity contribution in [3.8, 4) is 11.6 Å². The zero-order valence-corrected chi connectivity index (χ0v) is 9.66. The van der Waals surface area contributed by atoms with Gasteiger partial charge in [-0.1, -0.05) is 11.6 Å². The van der Waals surface area contributed by atoms with Crippen LogP contribution < -0.4 is 10.5 Å². The molecule has 1 aromatic heterocycles. The molecule has 2 aromatic rings. The molecule has 0 saturated heterocycles. The zero-order chi connectivity index (χ0) is 13.1. The Labute approximate surface area is 106 Å². The summed E-state index contributed by atoms with van der Waals surface area (Å²) in [6.45, 7) is 0. The Morgan fingerprint density at radius 2 is 2.11 bits per heavy atom. The molecule has 0 aliphatic carbocycles. The molecule has 0 saturated carbocycles. The molecule has 92 valence electrons. The van der Waals surface area contributed by atoms with E-state index in [-0.39, 0.29) is 28.2 Å². The fourth-order valence-electron chi connectivity index (χ4n) is 1.24. The van der Waals surface area contributed by atoms with Crippen molar-refractivity contribution in [2.75, 3.05) is 5.73 Å². The highest BCUT2D eigenvalue weighted by Gasteiger charge is 2.16. The lowest BCUT2D eigenvalue weighted by molar-refractivity contribution is -0.385. The molecule has 0 fully saturated rings. The molecule has 2 rings (SSSR count). The van der Waals surface area contributed by atoms with Crippen LogP contribution in [0.1, 0.15) is 0 Å². The lowest BCUT2D eigenvalue weighted by atomic mass is 10.3. The van der Waals surface area contributed by atoms with Gasteiger partial charge in [-0.25, -0.2) is 9.97 Å². The van der Waals surface area contributed by atoms with Gasteiger partial charge in [-0.2, -0.15) is 0 Å². The van der Waals surface area contributed by atoms with Gasteiger partial charge in [-0.3, -0.25) is 10.1 Å². The summed E-state index contributed by atoms with van der Waals surface area (Å²) in [6.07, 6.45) is 1.20. The van der Waals surface area contributed by atoms with Gasteiger partial charge in [0.25, 0.3) is 0 Å². The van der Waals surface area contributed by atoms with Crippen LogP contribution in [-0.4, -0.2) is 14.9 Å². The summed E-state index contributed by atoms with van der Waals surface area (Å²) in [7, 11) is 0. The summed E-state index contributed by atoms with van der Waals surface area (Å²) in [6, 6.07) is 5.42. The number of nitro benzene ring substituents is 1. The number of aromatic nitrogens is 2. The van der Waals surface area contributed by atoms with Crippen LogP contribution in [0.15, 0.2) is 30.6 Å². The minimum atomic E-state index is -0.592. The predicted molar refractivity (Wildman–Crippen MR) is 64.6 cm³/mol. The number of nitrogens with zero attached hydrogens (tertiary/aromatic N) is 3. The molecule has 0 bridgehead atoms. The van der Waals surface area contributed by atoms with Gasteiger partial charge in [0, 0.05) is 17.2 Å². The molecular formula is C10H7ClN4O3. The first-order valence-corrected chi connectivity index (χ1v) is 5.13. The van der Waals surface area contributed by atoms with E-state index in [9.17, 15) is 10.1 Å². The van der Waals surface area contributed by atoms with Crippen LogP contribution in [0.4, 0.5) is 11.5 Å². The summed E-state index contributed by atoms with van der Waals surface area (Å²) in [5.41, 5.74) is 5.20. The van der Waals surface area contributed by atoms with Gasteiger partial charge in [-0.15, -0.1) is 0 Å². The van der Waals surface area contributed by atoms with E-state index < -0.39 is 4.92 Å². The number of nitro groups is 1. The van der Waals surface area contributed by atoms with Crippen molar-refractivity contribution >= 4 is 23.1 Å². The lowest BCUT2D eigenvalue weighted by Gasteiger charge is -2.05. The molecule has 0 aliphatic heterocycles. The molecule has 18 heavy (non-hydrogen) atoms. The second kappa shape index (κ2) is 4.84.